The van der Waals surface area contributed by atoms with E-state index in [9.17, 15) is 13.2 Å². The molecule has 110 valence electrons. The summed E-state index contributed by atoms with van der Waals surface area (Å²) in [6.45, 7) is 3.48. The molecular formula is C15H15NO4S. The second kappa shape index (κ2) is 5.57. The molecule has 21 heavy (non-hydrogen) atoms. The Bertz CT molecular complexity index is 797. The number of aryl methyl sites for hydroxylation is 2. The molecule has 0 fully saturated rings. The van der Waals surface area contributed by atoms with Gasteiger partial charge in [-0.2, -0.15) is 0 Å². The topological polar surface area (TPSA) is 83.5 Å². The van der Waals surface area contributed by atoms with Gasteiger partial charge >= 0.3 is 5.97 Å². The second-order valence-corrected chi connectivity index (χ2v) is 6.41. The summed E-state index contributed by atoms with van der Waals surface area (Å²) in [6, 6.07) is 11.0. The lowest BCUT2D eigenvalue weighted by molar-refractivity contribution is 0.0696. The van der Waals surface area contributed by atoms with Gasteiger partial charge in [-0.3, -0.25) is 4.72 Å². The first-order chi connectivity index (χ1) is 9.79. The average Bonchev–Trinajstić information content (AvgIpc) is 2.38. The van der Waals surface area contributed by atoms with Crippen LogP contribution in [-0.4, -0.2) is 19.5 Å². The summed E-state index contributed by atoms with van der Waals surface area (Å²) < 4.78 is 27.3. The van der Waals surface area contributed by atoms with Gasteiger partial charge in [-0.1, -0.05) is 18.2 Å². The monoisotopic (exact) mass is 305 g/mol. The first-order valence-electron chi connectivity index (χ1n) is 6.23. The predicted molar refractivity (Wildman–Crippen MR) is 80.1 cm³/mol. The minimum Gasteiger partial charge on any atom is -0.478 e. The van der Waals surface area contributed by atoms with Gasteiger partial charge in [0.25, 0.3) is 10.0 Å². The van der Waals surface area contributed by atoms with Crippen molar-refractivity contribution in [2.24, 2.45) is 0 Å². The minimum atomic E-state index is -3.83. The number of carbonyl (C=O) groups is 1. The van der Waals surface area contributed by atoms with Gasteiger partial charge in [0.05, 0.1) is 10.5 Å². The first-order valence-corrected chi connectivity index (χ1v) is 7.71. The fourth-order valence-corrected chi connectivity index (χ4v) is 3.26. The van der Waals surface area contributed by atoms with Crippen LogP contribution in [0, 0.1) is 13.8 Å². The number of sulfonamides is 1. The molecule has 0 heterocycles. The zero-order chi connectivity index (χ0) is 15.6. The Morgan fingerprint density at radius 1 is 1.10 bits per heavy atom. The molecular weight excluding hydrogens is 290 g/mol. The van der Waals surface area contributed by atoms with Gasteiger partial charge in [0, 0.05) is 5.69 Å². The van der Waals surface area contributed by atoms with Crippen LogP contribution in [-0.2, 0) is 10.0 Å². The molecule has 2 aromatic carbocycles. The highest BCUT2D eigenvalue weighted by Crippen LogP contribution is 2.21. The van der Waals surface area contributed by atoms with E-state index >= 15 is 0 Å². The summed E-state index contributed by atoms with van der Waals surface area (Å²) >= 11 is 0. The average molecular weight is 305 g/mol. The van der Waals surface area contributed by atoms with E-state index in [2.05, 4.69) is 4.72 Å². The van der Waals surface area contributed by atoms with E-state index in [1.165, 1.54) is 12.1 Å². The number of hydrogen-bond acceptors (Lipinski definition) is 3. The molecule has 0 radical (unpaired) electrons. The highest BCUT2D eigenvalue weighted by molar-refractivity contribution is 7.92. The third kappa shape index (κ3) is 3.41. The maximum absolute atomic E-state index is 12.4. The number of carboxylic acid groups (broad SMARTS) is 1. The van der Waals surface area contributed by atoms with Crippen molar-refractivity contribution in [2.75, 3.05) is 4.72 Å². The molecule has 0 atom stereocenters. The van der Waals surface area contributed by atoms with Gasteiger partial charge in [-0.15, -0.1) is 0 Å². The zero-order valence-corrected chi connectivity index (χ0v) is 12.4. The number of benzene rings is 2. The Hall–Kier alpha value is -2.34. The lowest BCUT2D eigenvalue weighted by atomic mass is 10.1. The van der Waals surface area contributed by atoms with Crippen molar-refractivity contribution in [2.45, 2.75) is 18.7 Å². The van der Waals surface area contributed by atoms with Crippen molar-refractivity contribution in [3.8, 4) is 0 Å². The van der Waals surface area contributed by atoms with Crippen molar-refractivity contribution in [3.05, 3.63) is 59.2 Å². The Morgan fingerprint density at radius 2 is 1.81 bits per heavy atom. The molecule has 0 spiro atoms. The predicted octanol–water partition coefficient (Wildman–Crippen LogP) is 2.80. The molecule has 0 unspecified atom stereocenters. The summed E-state index contributed by atoms with van der Waals surface area (Å²) in [6.07, 6.45) is 0. The highest BCUT2D eigenvalue weighted by atomic mass is 32.2. The smallest absolute Gasteiger partial charge is 0.335 e. The normalized spacial score (nSPS) is 11.1. The molecule has 0 amide bonds. The Balaban J connectivity index is 2.44. The molecule has 2 N–H and O–H groups in total. The number of rotatable bonds is 4. The lowest BCUT2D eigenvalue weighted by Crippen LogP contribution is -2.15. The van der Waals surface area contributed by atoms with Crippen LogP contribution in [0.2, 0.25) is 0 Å². The van der Waals surface area contributed by atoms with Crippen LogP contribution in [0.15, 0.2) is 47.4 Å². The van der Waals surface area contributed by atoms with Gasteiger partial charge in [-0.05, 0) is 49.2 Å². The highest BCUT2D eigenvalue weighted by Gasteiger charge is 2.19. The molecule has 0 aliphatic carbocycles. The summed E-state index contributed by atoms with van der Waals surface area (Å²) in [5.74, 6) is -1.16. The molecule has 6 heteroatoms. The standard InChI is InChI=1S/C15H15NO4S/c1-10-4-3-5-13(8-10)16-21(19,20)14-9-12(15(17)18)7-6-11(14)2/h3-9,16H,1-2H3,(H,17,18). The Kier molecular flexibility index (Phi) is 3.99. The summed E-state index contributed by atoms with van der Waals surface area (Å²) in [5, 5.41) is 8.98. The van der Waals surface area contributed by atoms with E-state index in [0.717, 1.165) is 11.6 Å². The van der Waals surface area contributed by atoms with Gasteiger partial charge in [-0.25, -0.2) is 13.2 Å². The molecule has 0 saturated heterocycles. The summed E-state index contributed by atoms with van der Waals surface area (Å²) in [7, 11) is -3.83. The van der Waals surface area contributed by atoms with Crippen LogP contribution in [0.4, 0.5) is 5.69 Å². The van der Waals surface area contributed by atoms with Crippen LogP contribution in [0.3, 0.4) is 0 Å². The van der Waals surface area contributed by atoms with Crippen molar-refractivity contribution in [3.63, 3.8) is 0 Å². The maximum Gasteiger partial charge on any atom is 0.335 e. The molecule has 0 bridgehead atoms. The van der Waals surface area contributed by atoms with Gasteiger partial charge in [0.1, 0.15) is 0 Å². The summed E-state index contributed by atoms with van der Waals surface area (Å²) in [5.41, 5.74) is 1.78. The third-order valence-electron chi connectivity index (χ3n) is 2.99. The lowest BCUT2D eigenvalue weighted by Gasteiger charge is -2.11. The molecule has 0 aromatic heterocycles. The largest absolute Gasteiger partial charge is 0.478 e. The quantitative estimate of drug-likeness (QED) is 0.909. The molecule has 5 nitrogen and oxygen atoms in total. The van der Waals surface area contributed by atoms with Gasteiger partial charge in [0.2, 0.25) is 0 Å². The van der Waals surface area contributed by atoms with Crippen LogP contribution < -0.4 is 4.72 Å². The Morgan fingerprint density at radius 3 is 2.43 bits per heavy atom. The third-order valence-corrected chi connectivity index (χ3v) is 4.52. The zero-order valence-electron chi connectivity index (χ0n) is 11.6. The van der Waals surface area contributed by atoms with E-state index in [1.54, 1.807) is 25.1 Å². The molecule has 0 aliphatic heterocycles. The molecule has 0 aliphatic rings. The SMILES string of the molecule is Cc1cccc(NS(=O)(=O)c2cc(C(=O)O)ccc2C)c1. The van der Waals surface area contributed by atoms with Crippen LogP contribution in [0.5, 0.6) is 0 Å². The number of aromatic carboxylic acids is 1. The number of anilines is 1. The van der Waals surface area contributed by atoms with Crippen molar-refractivity contribution < 1.29 is 18.3 Å². The number of nitrogens with one attached hydrogen (secondary N) is 1. The second-order valence-electron chi connectivity index (χ2n) is 4.76. The molecule has 0 saturated carbocycles. The maximum atomic E-state index is 12.4. The van der Waals surface area contributed by atoms with E-state index < -0.39 is 16.0 Å². The van der Waals surface area contributed by atoms with Crippen LogP contribution in [0.25, 0.3) is 0 Å². The molecule has 2 rings (SSSR count). The van der Waals surface area contributed by atoms with Crippen molar-refractivity contribution in [1.82, 2.24) is 0 Å². The van der Waals surface area contributed by atoms with E-state index in [1.807, 2.05) is 13.0 Å². The fourth-order valence-electron chi connectivity index (χ4n) is 1.94. The number of hydrogen-bond donors (Lipinski definition) is 2. The van der Waals surface area contributed by atoms with Crippen LogP contribution >= 0.6 is 0 Å². The van der Waals surface area contributed by atoms with E-state index in [4.69, 9.17) is 5.11 Å². The Labute approximate surface area is 123 Å². The van der Waals surface area contributed by atoms with Gasteiger partial charge in [0.15, 0.2) is 0 Å². The van der Waals surface area contributed by atoms with Crippen LogP contribution in [0.1, 0.15) is 21.5 Å². The van der Waals surface area contributed by atoms with E-state index in [-0.39, 0.29) is 10.5 Å². The molecule has 2 aromatic rings. The fraction of sp³-hybridized carbons (Fsp3) is 0.133. The first kappa shape index (κ1) is 15.1. The minimum absolute atomic E-state index is 0.0380. The van der Waals surface area contributed by atoms with Gasteiger partial charge < -0.3 is 5.11 Å². The van der Waals surface area contributed by atoms with Crippen molar-refractivity contribution in [1.29, 1.82) is 0 Å². The number of carboxylic acids is 1. The summed E-state index contributed by atoms with van der Waals surface area (Å²) in [4.78, 5) is 10.9. The van der Waals surface area contributed by atoms with E-state index in [0.29, 0.717) is 11.3 Å². The van der Waals surface area contributed by atoms with Crippen molar-refractivity contribution >= 4 is 21.7 Å².